The molecule has 5 heterocycles. The molecule has 4 aromatic heterocycles. The number of nitrogens with zero attached hydrogens (tertiary/aromatic N) is 6. The number of hydrogen-bond acceptors (Lipinski definition) is 5. The fourth-order valence-corrected chi connectivity index (χ4v) is 11.5. The molecule has 7 heteroatoms. The summed E-state index contributed by atoms with van der Waals surface area (Å²) < 4.78 is 7.10. The van der Waals surface area contributed by atoms with Crippen LogP contribution in [0.15, 0.2) is 133 Å². The molecule has 2 aliphatic rings. The zero-order valence-corrected chi connectivity index (χ0v) is 30.9. The molecule has 1 aliphatic heterocycles. The van der Waals surface area contributed by atoms with Crippen molar-refractivity contribution in [2.24, 2.45) is 0 Å². The number of thiophene rings is 1. The summed E-state index contributed by atoms with van der Waals surface area (Å²) in [5, 5.41) is 7.37. The van der Waals surface area contributed by atoms with Crippen molar-refractivity contribution >= 4 is 86.8 Å². The summed E-state index contributed by atoms with van der Waals surface area (Å²) in [7, 11) is 0. The molecule has 0 amide bonds. The van der Waals surface area contributed by atoms with Gasteiger partial charge in [0.25, 0.3) is 0 Å². The highest BCUT2D eigenvalue weighted by molar-refractivity contribution is 7.26. The summed E-state index contributed by atoms with van der Waals surface area (Å²) in [5.74, 6) is 1.92. The largest absolute Gasteiger partial charge is 0.303 e. The van der Waals surface area contributed by atoms with Crippen LogP contribution in [0.25, 0.3) is 75.7 Å². The molecule has 12 rings (SSSR count). The molecule has 1 saturated carbocycles. The minimum Gasteiger partial charge on any atom is -0.303 e. The molecule has 6 nitrogen and oxygen atoms in total. The summed E-state index contributed by atoms with van der Waals surface area (Å²) in [6.07, 6.45) is 4.58. The van der Waals surface area contributed by atoms with Gasteiger partial charge in [0.15, 0.2) is 0 Å². The second-order valence-electron chi connectivity index (χ2n) is 15.6. The van der Waals surface area contributed by atoms with E-state index in [2.05, 4.69) is 161 Å². The second-order valence-corrected chi connectivity index (χ2v) is 16.6. The Balaban J connectivity index is 1.21. The summed E-state index contributed by atoms with van der Waals surface area (Å²) >= 11 is 1.87. The van der Waals surface area contributed by atoms with Crippen LogP contribution in [0.3, 0.4) is 0 Å². The fourth-order valence-electron chi connectivity index (χ4n) is 10.2. The van der Waals surface area contributed by atoms with Crippen LogP contribution < -0.4 is 4.90 Å². The first kappa shape index (κ1) is 30.4. The van der Waals surface area contributed by atoms with Crippen molar-refractivity contribution in [2.75, 3.05) is 4.90 Å². The highest BCUT2D eigenvalue weighted by Gasteiger charge is 2.58. The average Bonchev–Trinajstić information content (AvgIpc) is 3.91. The lowest BCUT2D eigenvalue weighted by Crippen LogP contribution is -2.55. The maximum absolute atomic E-state index is 5.57. The number of fused-ring (bicyclic) bond motifs is 13. The molecule has 0 saturated heterocycles. The predicted molar refractivity (Wildman–Crippen MR) is 224 cm³/mol. The zero-order valence-electron chi connectivity index (χ0n) is 30.1. The maximum atomic E-state index is 5.57. The molecule has 0 N–H and O–H groups in total. The molecular weight excluding hydrogens is 681 g/mol. The Kier molecular flexibility index (Phi) is 6.06. The molecule has 2 unspecified atom stereocenters. The van der Waals surface area contributed by atoms with Gasteiger partial charge in [-0.1, -0.05) is 117 Å². The third-order valence-corrected chi connectivity index (χ3v) is 14.2. The van der Waals surface area contributed by atoms with Crippen LogP contribution in [0.5, 0.6) is 0 Å². The Morgan fingerprint density at radius 1 is 0.500 bits per heavy atom. The highest BCUT2D eigenvalue weighted by Crippen LogP contribution is 2.60. The lowest BCUT2D eigenvalue weighted by Gasteiger charge is -2.49. The van der Waals surface area contributed by atoms with Crippen molar-refractivity contribution in [3.8, 4) is 11.9 Å². The van der Waals surface area contributed by atoms with Crippen LogP contribution in [0.4, 0.5) is 11.6 Å². The minimum absolute atomic E-state index is 0.0404. The lowest BCUT2D eigenvalue weighted by atomic mass is 9.61. The number of para-hydroxylation sites is 4. The van der Waals surface area contributed by atoms with E-state index in [9.17, 15) is 0 Å². The van der Waals surface area contributed by atoms with Crippen molar-refractivity contribution in [1.29, 1.82) is 0 Å². The molecule has 260 valence electrons. The predicted octanol–water partition coefficient (Wildman–Crippen LogP) is 12.2. The minimum atomic E-state index is -0.213. The topological polar surface area (TPSA) is 51.8 Å². The molecule has 0 radical (unpaired) electrons. The molecule has 1 fully saturated rings. The molecule has 2 atom stereocenters. The van der Waals surface area contributed by atoms with Crippen molar-refractivity contribution in [3.05, 3.63) is 139 Å². The second kappa shape index (κ2) is 10.8. The summed E-state index contributed by atoms with van der Waals surface area (Å²) in [5.41, 5.74) is 6.66. The van der Waals surface area contributed by atoms with E-state index in [1.807, 2.05) is 11.3 Å². The van der Waals surface area contributed by atoms with Gasteiger partial charge in [0.2, 0.25) is 17.8 Å². The van der Waals surface area contributed by atoms with E-state index < -0.39 is 0 Å². The average molecular weight is 717 g/mol. The molecule has 10 aromatic rings. The van der Waals surface area contributed by atoms with Gasteiger partial charge in [-0.3, -0.25) is 9.13 Å². The van der Waals surface area contributed by atoms with Crippen LogP contribution in [0.2, 0.25) is 0 Å². The van der Waals surface area contributed by atoms with E-state index in [-0.39, 0.29) is 11.0 Å². The monoisotopic (exact) mass is 716 g/mol. The number of rotatable bonds is 3. The SMILES string of the molecule is CC12CCCCC1(C)N(c1nc(-n3c4ccccc4c4ccccc43)nc(-n3c4ccccc4c4c5sc6ccccc6c5ccc43)n1)c1ccccc12. The molecule has 1 aliphatic carbocycles. The van der Waals surface area contributed by atoms with Crippen LogP contribution in [-0.2, 0) is 5.41 Å². The Bertz CT molecular complexity index is 3130. The fraction of sp³-hybridized carbons (Fsp3) is 0.170. The molecule has 54 heavy (non-hydrogen) atoms. The number of aromatic nitrogens is 5. The van der Waals surface area contributed by atoms with Crippen LogP contribution >= 0.6 is 11.3 Å². The van der Waals surface area contributed by atoms with Gasteiger partial charge >= 0.3 is 0 Å². The van der Waals surface area contributed by atoms with Gasteiger partial charge < -0.3 is 4.90 Å². The van der Waals surface area contributed by atoms with Crippen LogP contribution in [0, 0.1) is 0 Å². The van der Waals surface area contributed by atoms with E-state index >= 15 is 0 Å². The van der Waals surface area contributed by atoms with E-state index in [0.717, 1.165) is 34.9 Å². The van der Waals surface area contributed by atoms with E-state index in [4.69, 9.17) is 15.0 Å². The van der Waals surface area contributed by atoms with E-state index in [1.165, 1.54) is 65.8 Å². The molecule has 6 aromatic carbocycles. The van der Waals surface area contributed by atoms with Gasteiger partial charge in [0.05, 0.1) is 27.6 Å². The first-order valence-corrected chi connectivity index (χ1v) is 19.8. The van der Waals surface area contributed by atoms with Gasteiger partial charge in [0.1, 0.15) is 0 Å². The summed E-state index contributed by atoms with van der Waals surface area (Å²) in [6, 6.07) is 48.2. The lowest BCUT2D eigenvalue weighted by molar-refractivity contribution is 0.193. The van der Waals surface area contributed by atoms with Gasteiger partial charge in [-0.25, -0.2) is 0 Å². The van der Waals surface area contributed by atoms with E-state index in [1.54, 1.807) is 0 Å². The first-order valence-electron chi connectivity index (χ1n) is 19.0. The summed E-state index contributed by atoms with van der Waals surface area (Å²) in [4.78, 5) is 19.1. The van der Waals surface area contributed by atoms with Crippen LogP contribution in [0.1, 0.15) is 45.1 Å². The normalized spacial score (nSPS) is 19.9. The standard InChI is InChI=1S/C47H36N6S/c1-46-27-13-14-28-47(46,2)53(38-23-11-7-19-34(38)46)45-49-43(51-35-20-8-3-15-29(35)30-16-4-9-21-36(30)51)48-44(50-45)52-37-22-10-5-18-33(37)41-39(52)26-25-32-31-17-6-12-24-40(31)54-42(32)41/h3-12,15-26H,13-14,27-28H2,1-2H3. The Hall–Kier alpha value is -6.05. The Morgan fingerprint density at radius 3 is 1.80 bits per heavy atom. The zero-order chi connectivity index (χ0) is 35.8. The van der Waals surface area contributed by atoms with Gasteiger partial charge in [-0.15, -0.1) is 11.3 Å². The smallest absolute Gasteiger partial charge is 0.241 e. The van der Waals surface area contributed by atoms with E-state index in [0.29, 0.717) is 17.8 Å². The van der Waals surface area contributed by atoms with Gasteiger partial charge in [-0.2, -0.15) is 15.0 Å². The van der Waals surface area contributed by atoms with Crippen molar-refractivity contribution in [2.45, 2.75) is 50.5 Å². The van der Waals surface area contributed by atoms with Crippen molar-refractivity contribution < 1.29 is 0 Å². The maximum Gasteiger partial charge on any atom is 0.241 e. The number of hydrogen-bond donors (Lipinski definition) is 0. The van der Waals surface area contributed by atoms with Gasteiger partial charge in [-0.05, 0) is 61.7 Å². The quantitative estimate of drug-likeness (QED) is 0.183. The molecular formula is C47H36N6S. The summed E-state index contributed by atoms with van der Waals surface area (Å²) in [6.45, 7) is 4.90. The van der Waals surface area contributed by atoms with Crippen LogP contribution in [-0.4, -0.2) is 29.6 Å². The number of anilines is 2. The first-order chi connectivity index (χ1) is 26.5. The van der Waals surface area contributed by atoms with Crippen molar-refractivity contribution in [1.82, 2.24) is 24.1 Å². The van der Waals surface area contributed by atoms with Gasteiger partial charge in [0, 0.05) is 52.8 Å². The van der Waals surface area contributed by atoms with Crippen molar-refractivity contribution in [3.63, 3.8) is 0 Å². The third kappa shape index (κ3) is 3.82. The highest BCUT2D eigenvalue weighted by atomic mass is 32.1. The molecule has 0 spiro atoms. The number of benzene rings is 6. The molecule has 0 bridgehead atoms. The Labute approximate surface area is 315 Å². The Morgan fingerprint density at radius 2 is 1.06 bits per heavy atom. The third-order valence-electron chi connectivity index (χ3n) is 13.0.